The summed E-state index contributed by atoms with van der Waals surface area (Å²) in [5.74, 6) is 0.115. The maximum Gasteiger partial charge on any atom is 0.223 e. The van der Waals surface area contributed by atoms with Crippen molar-refractivity contribution in [2.75, 3.05) is 13.6 Å². The van der Waals surface area contributed by atoms with Crippen molar-refractivity contribution in [3.63, 3.8) is 0 Å². The molecule has 0 aliphatic carbocycles. The summed E-state index contributed by atoms with van der Waals surface area (Å²) in [4.78, 5) is 17.7. The molecule has 1 aromatic heterocycles. The second-order valence-corrected chi connectivity index (χ2v) is 5.16. The van der Waals surface area contributed by atoms with Gasteiger partial charge in [-0.05, 0) is 23.6 Å². The van der Waals surface area contributed by atoms with E-state index in [1.54, 1.807) is 17.3 Å². The Bertz CT molecular complexity index is 362. The van der Waals surface area contributed by atoms with Gasteiger partial charge in [0.1, 0.15) is 0 Å². The zero-order chi connectivity index (χ0) is 12.9. The highest BCUT2D eigenvalue weighted by Crippen LogP contribution is 2.19. The van der Waals surface area contributed by atoms with Gasteiger partial charge in [0.2, 0.25) is 5.91 Å². The van der Waals surface area contributed by atoms with E-state index in [0.717, 1.165) is 5.56 Å². The van der Waals surface area contributed by atoms with Crippen LogP contribution in [0.2, 0.25) is 0 Å². The summed E-state index contributed by atoms with van der Waals surface area (Å²) in [6.07, 6.45) is 3.97. The second-order valence-electron chi connectivity index (χ2n) is 5.16. The zero-order valence-electron chi connectivity index (χ0n) is 10.8. The Kier molecular flexibility index (Phi) is 4.63. The number of pyridine rings is 1. The number of hydrogen-bond donors (Lipinski definition) is 1. The maximum atomic E-state index is 12.0. The van der Waals surface area contributed by atoms with Gasteiger partial charge < -0.3 is 10.6 Å². The largest absolute Gasteiger partial charge is 0.341 e. The van der Waals surface area contributed by atoms with E-state index in [9.17, 15) is 4.79 Å². The van der Waals surface area contributed by atoms with Gasteiger partial charge in [0.25, 0.3) is 0 Å². The molecule has 0 aromatic carbocycles. The van der Waals surface area contributed by atoms with Gasteiger partial charge in [0.15, 0.2) is 0 Å². The van der Waals surface area contributed by atoms with Gasteiger partial charge >= 0.3 is 0 Å². The number of hydrogen-bond acceptors (Lipinski definition) is 3. The molecule has 17 heavy (non-hydrogen) atoms. The number of amides is 1. The van der Waals surface area contributed by atoms with Crippen LogP contribution in [0.25, 0.3) is 0 Å². The van der Waals surface area contributed by atoms with Crippen molar-refractivity contribution in [1.29, 1.82) is 0 Å². The molecule has 0 spiro atoms. The van der Waals surface area contributed by atoms with E-state index in [0.29, 0.717) is 19.5 Å². The molecular formula is C13H21N3O. The molecule has 1 amide bonds. The summed E-state index contributed by atoms with van der Waals surface area (Å²) in [6, 6.07) is 3.84. The highest BCUT2D eigenvalue weighted by molar-refractivity contribution is 5.76. The molecule has 0 aliphatic rings. The first-order valence-electron chi connectivity index (χ1n) is 5.77. The average Bonchev–Trinajstić information content (AvgIpc) is 2.30. The van der Waals surface area contributed by atoms with Crippen LogP contribution in [0.15, 0.2) is 24.5 Å². The Morgan fingerprint density at radius 3 is 2.76 bits per heavy atom. The molecule has 94 valence electrons. The summed E-state index contributed by atoms with van der Waals surface area (Å²) in [6.45, 7) is 5.11. The first-order chi connectivity index (χ1) is 7.94. The predicted molar refractivity (Wildman–Crippen MR) is 68.2 cm³/mol. The topological polar surface area (TPSA) is 59.2 Å². The van der Waals surface area contributed by atoms with Gasteiger partial charge in [-0.3, -0.25) is 9.78 Å². The van der Waals surface area contributed by atoms with Gasteiger partial charge in [0.05, 0.1) is 0 Å². The molecule has 0 bridgehead atoms. The van der Waals surface area contributed by atoms with Crippen LogP contribution >= 0.6 is 0 Å². The number of carbonyl (C=O) groups is 1. The maximum absolute atomic E-state index is 12.0. The number of nitrogens with two attached hydrogens (primary N) is 1. The minimum atomic E-state index is -0.139. The van der Waals surface area contributed by atoms with Crippen LogP contribution in [-0.4, -0.2) is 29.4 Å². The van der Waals surface area contributed by atoms with Crippen molar-refractivity contribution in [2.24, 2.45) is 11.1 Å². The van der Waals surface area contributed by atoms with Gasteiger partial charge in [-0.2, -0.15) is 0 Å². The quantitative estimate of drug-likeness (QED) is 0.839. The monoisotopic (exact) mass is 235 g/mol. The number of aromatic nitrogens is 1. The fourth-order valence-electron chi connectivity index (χ4n) is 1.47. The SMILES string of the molecule is CN(Cc1cccnc1)C(=O)CC(C)(C)CN. The molecule has 1 aromatic rings. The van der Waals surface area contributed by atoms with Gasteiger partial charge in [-0.25, -0.2) is 0 Å². The Morgan fingerprint density at radius 2 is 2.24 bits per heavy atom. The number of nitrogens with zero attached hydrogens (tertiary/aromatic N) is 2. The molecule has 0 fully saturated rings. The molecule has 4 nitrogen and oxygen atoms in total. The Morgan fingerprint density at radius 1 is 1.53 bits per heavy atom. The Labute approximate surface area is 103 Å². The number of rotatable bonds is 5. The third-order valence-corrected chi connectivity index (χ3v) is 2.75. The summed E-state index contributed by atoms with van der Waals surface area (Å²) >= 11 is 0. The summed E-state index contributed by atoms with van der Waals surface area (Å²) < 4.78 is 0. The molecule has 1 rings (SSSR count). The highest BCUT2D eigenvalue weighted by atomic mass is 16.2. The molecule has 1 heterocycles. The van der Waals surface area contributed by atoms with Crippen LogP contribution in [-0.2, 0) is 11.3 Å². The van der Waals surface area contributed by atoms with E-state index in [4.69, 9.17) is 5.73 Å². The van der Waals surface area contributed by atoms with Gasteiger partial charge in [-0.15, -0.1) is 0 Å². The van der Waals surface area contributed by atoms with Crippen molar-refractivity contribution in [1.82, 2.24) is 9.88 Å². The van der Waals surface area contributed by atoms with Gasteiger partial charge in [0, 0.05) is 32.4 Å². The Balaban J connectivity index is 2.54. The summed E-state index contributed by atoms with van der Waals surface area (Å²) in [5.41, 5.74) is 6.52. The van der Waals surface area contributed by atoms with Crippen molar-refractivity contribution in [3.8, 4) is 0 Å². The minimum Gasteiger partial charge on any atom is -0.341 e. The smallest absolute Gasteiger partial charge is 0.223 e. The second kappa shape index (κ2) is 5.77. The lowest BCUT2D eigenvalue weighted by molar-refractivity contribution is -0.132. The third kappa shape index (κ3) is 4.53. The predicted octanol–water partition coefficient (Wildman–Crippen LogP) is 1.41. The lowest BCUT2D eigenvalue weighted by atomic mass is 9.89. The van der Waals surface area contributed by atoms with Crippen LogP contribution in [0.5, 0.6) is 0 Å². The summed E-state index contributed by atoms with van der Waals surface area (Å²) in [7, 11) is 1.81. The van der Waals surface area contributed by atoms with Crippen LogP contribution in [0.3, 0.4) is 0 Å². The van der Waals surface area contributed by atoms with Crippen molar-refractivity contribution < 1.29 is 4.79 Å². The molecule has 0 aliphatic heterocycles. The third-order valence-electron chi connectivity index (χ3n) is 2.75. The fourth-order valence-corrected chi connectivity index (χ4v) is 1.47. The minimum absolute atomic E-state index is 0.115. The molecule has 2 N–H and O–H groups in total. The van der Waals surface area contributed by atoms with Crippen molar-refractivity contribution >= 4 is 5.91 Å². The lowest BCUT2D eigenvalue weighted by Crippen LogP contribution is -2.34. The average molecular weight is 235 g/mol. The van der Waals surface area contributed by atoms with E-state index in [1.165, 1.54) is 0 Å². The lowest BCUT2D eigenvalue weighted by Gasteiger charge is -2.25. The molecule has 0 unspecified atom stereocenters. The Hall–Kier alpha value is -1.42. The fraction of sp³-hybridized carbons (Fsp3) is 0.538. The van der Waals surface area contributed by atoms with E-state index in [-0.39, 0.29) is 11.3 Å². The van der Waals surface area contributed by atoms with Crippen LogP contribution in [0, 0.1) is 5.41 Å². The van der Waals surface area contributed by atoms with Crippen molar-refractivity contribution in [2.45, 2.75) is 26.8 Å². The van der Waals surface area contributed by atoms with E-state index < -0.39 is 0 Å². The zero-order valence-corrected chi connectivity index (χ0v) is 10.8. The molecule has 0 radical (unpaired) electrons. The number of carbonyl (C=O) groups excluding carboxylic acids is 1. The van der Waals surface area contributed by atoms with E-state index in [1.807, 2.05) is 33.0 Å². The van der Waals surface area contributed by atoms with Crippen LogP contribution in [0.1, 0.15) is 25.8 Å². The summed E-state index contributed by atoms with van der Waals surface area (Å²) in [5, 5.41) is 0. The molecular weight excluding hydrogens is 214 g/mol. The standard InChI is InChI=1S/C13H21N3O/c1-13(2,10-14)7-12(17)16(3)9-11-5-4-6-15-8-11/h4-6,8H,7,9-10,14H2,1-3H3. The molecule has 0 saturated carbocycles. The molecule has 0 saturated heterocycles. The van der Waals surface area contributed by atoms with E-state index in [2.05, 4.69) is 4.98 Å². The normalized spacial score (nSPS) is 11.3. The first kappa shape index (κ1) is 13.6. The van der Waals surface area contributed by atoms with Crippen LogP contribution in [0.4, 0.5) is 0 Å². The first-order valence-corrected chi connectivity index (χ1v) is 5.77. The van der Waals surface area contributed by atoms with Crippen LogP contribution < -0.4 is 5.73 Å². The molecule has 0 atom stereocenters. The van der Waals surface area contributed by atoms with E-state index >= 15 is 0 Å². The van der Waals surface area contributed by atoms with Crippen molar-refractivity contribution in [3.05, 3.63) is 30.1 Å². The highest BCUT2D eigenvalue weighted by Gasteiger charge is 2.22. The van der Waals surface area contributed by atoms with Gasteiger partial charge in [-0.1, -0.05) is 19.9 Å². The molecule has 4 heteroatoms.